The number of piperazine rings is 2. The van der Waals surface area contributed by atoms with Crippen molar-refractivity contribution in [1.82, 2.24) is 36.5 Å². The van der Waals surface area contributed by atoms with E-state index in [0.717, 1.165) is 61.8 Å². The van der Waals surface area contributed by atoms with Gasteiger partial charge in [0.2, 0.25) is 20.0 Å². The highest BCUT2D eigenvalue weighted by Gasteiger charge is 2.37. The molecule has 0 spiro atoms. The van der Waals surface area contributed by atoms with Crippen LogP contribution in [-0.4, -0.2) is 254 Å². The number of anilines is 4. The summed E-state index contributed by atoms with van der Waals surface area (Å²) in [6, 6.07) is 23.1. The monoisotopic (exact) mass is 1750 g/mol. The standard InChI is InChI=1S/C37H59FN6O5S2.C23H34FN5O5S2.C16H33NO3S.4H2S/c1-30-28-43(50(45,46)35-16-14-34(15-17-35)39(3)4)21-9-19-40(31(2)32-11-7-6-8-12-32)20-10-22-44(29-30)51(47,48)42-25-23-41(24-26-42)36-18-13-33(38)27-37(36)49-5;1-18(16-25-35(30,31)21-8-6-20(7-9-21)27(2)3)17-26-36(32,33)29-13-11-28(12-14-29)22-10-5-19(24)15-23(22)34-4;1-4-5-12-17(13-9-14-20-21(3,18)19)15(2)16-10-7-6-8-11-16;;;;/h13-18,27,30-32H,6-12,19-26,28-29H2,1-5H3;5-10,15,18,25-26H,11-14,16-17H2,1-4H3;15-16H,4-14H2,1-3H3;4*1H2/t30-,31-;18-;15-;;;;/m000..../s1. The lowest BCUT2D eigenvalue weighted by atomic mass is 9.84. The lowest BCUT2D eigenvalue weighted by Crippen LogP contribution is -2.54. The maximum atomic E-state index is 14.4. The summed E-state index contributed by atoms with van der Waals surface area (Å²) in [5.74, 6) is 0.917. The number of ether oxygens (including phenoxy) is 2. The maximum absolute atomic E-state index is 14.4. The highest BCUT2D eigenvalue weighted by molar-refractivity contribution is 7.89. The van der Waals surface area contributed by atoms with Crippen LogP contribution in [0.5, 0.6) is 11.5 Å². The summed E-state index contributed by atoms with van der Waals surface area (Å²) in [7, 11) is -7.88. The molecule has 25 nitrogen and oxygen atoms in total. The fourth-order valence-corrected chi connectivity index (χ4v) is 21.3. The van der Waals surface area contributed by atoms with E-state index in [1.807, 2.05) is 66.8 Å². The van der Waals surface area contributed by atoms with E-state index < -0.39 is 56.4 Å². The molecule has 644 valence electrons. The van der Waals surface area contributed by atoms with E-state index in [4.69, 9.17) is 13.7 Å². The molecule has 3 saturated heterocycles. The number of sulfonamides is 2. The van der Waals surface area contributed by atoms with Gasteiger partial charge in [-0.3, -0.25) is 4.18 Å². The van der Waals surface area contributed by atoms with Crippen LogP contribution < -0.4 is 38.5 Å². The number of halogens is 2. The second kappa shape index (κ2) is 49.0. The Bertz CT molecular complexity index is 3980. The molecule has 4 aromatic rings. The molecular formula is C76H134F2N12O13S9. The van der Waals surface area contributed by atoms with Crippen LogP contribution in [0.2, 0.25) is 0 Å². The van der Waals surface area contributed by atoms with Crippen molar-refractivity contribution in [2.24, 2.45) is 23.7 Å². The van der Waals surface area contributed by atoms with E-state index in [1.54, 1.807) is 56.2 Å². The summed E-state index contributed by atoms with van der Waals surface area (Å²) < 4.78 is 184. The predicted octanol–water partition coefficient (Wildman–Crippen LogP) is 10.3. The molecule has 2 aliphatic carbocycles. The van der Waals surface area contributed by atoms with Gasteiger partial charge in [0, 0.05) is 162 Å². The largest absolute Gasteiger partial charge is 0.494 e. The minimum atomic E-state index is -3.85. The van der Waals surface area contributed by atoms with Crippen LogP contribution in [-0.2, 0) is 54.8 Å². The van der Waals surface area contributed by atoms with Crippen molar-refractivity contribution in [3.63, 3.8) is 0 Å². The Labute approximate surface area is 700 Å². The van der Waals surface area contributed by atoms with Crippen molar-refractivity contribution in [3.8, 4) is 11.5 Å². The molecule has 4 atom stereocenters. The van der Waals surface area contributed by atoms with Gasteiger partial charge in [-0.25, -0.2) is 35.1 Å². The van der Waals surface area contributed by atoms with Gasteiger partial charge >= 0.3 is 0 Å². The molecule has 0 aromatic heterocycles. The number of hydrogen-bond acceptors (Lipinski definition) is 19. The number of benzene rings is 4. The van der Waals surface area contributed by atoms with E-state index in [9.17, 15) is 50.9 Å². The zero-order chi connectivity index (χ0) is 79.0. The Morgan fingerprint density at radius 3 is 1.41 bits per heavy atom. The average molecular weight is 1750 g/mol. The molecule has 4 aromatic carbocycles. The van der Waals surface area contributed by atoms with Crippen LogP contribution >= 0.6 is 54.0 Å². The zero-order valence-electron chi connectivity index (χ0n) is 68.2. The molecule has 0 unspecified atom stereocenters. The lowest BCUT2D eigenvalue weighted by molar-refractivity contribution is 0.119. The molecule has 5 aliphatic rings. The maximum Gasteiger partial charge on any atom is 0.282 e. The van der Waals surface area contributed by atoms with Gasteiger partial charge in [-0.05, 0) is 181 Å². The molecule has 0 radical (unpaired) electrons. The third-order valence-electron chi connectivity index (χ3n) is 21.6. The summed E-state index contributed by atoms with van der Waals surface area (Å²) in [5.41, 5.74) is 3.25. The van der Waals surface area contributed by atoms with E-state index in [1.165, 1.54) is 132 Å². The second-order valence-electron chi connectivity index (χ2n) is 30.1. The highest BCUT2D eigenvalue weighted by Crippen LogP contribution is 2.35. The Kier molecular flexibility index (Phi) is 44.9. The van der Waals surface area contributed by atoms with Gasteiger partial charge in [-0.1, -0.05) is 65.7 Å². The van der Waals surface area contributed by atoms with Crippen molar-refractivity contribution in [1.29, 1.82) is 0 Å². The Balaban J connectivity index is 0.000000465. The molecule has 0 amide bonds. The van der Waals surface area contributed by atoms with E-state index in [0.29, 0.717) is 93.9 Å². The van der Waals surface area contributed by atoms with Crippen LogP contribution in [0.4, 0.5) is 31.5 Å². The molecule has 9 rings (SSSR count). The molecule has 36 heteroatoms. The van der Waals surface area contributed by atoms with Gasteiger partial charge in [0.15, 0.2) is 0 Å². The first-order valence-electron chi connectivity index (χ1n) is 38.7. The second-order valence-corrected chi connectivity index (χ2v) is 39.1. The first kappa shape index (κ1) is 103. The molecule has 2 saturated carbocycles. The van der Waals surface area contributed by atoms with E-state index in [2.05, 4.69) is 40.0 Å². The van der Waals surface area contributed by atoms with Gasteiger partial charge in [0.25, 0.3) is 30.5 Å². The molecule has 3 heterocycles. The van der Waals surface area contributed by atoms with Crippen LogP contribution in [0.3, 0.4) is 0 Å². The summed E-state index contributed by atoms with van der Waals surface area (Å²) in [6.07, 6.45) is 18.7. The predicted molar refractivity (Wildman–Crippen MR) is 471 cm³/mol. The Morgan fingerprint density at radius 2 is 0.946 bits per heavy atom. The first-order valence-corrected chi connectivity index (χ1v) is 46.3. The molecule has 3 aliphatic heterocycles. The Morgan fingerprint density at radius 1 is 0.509 bits per heavy atom. The number of unbranched alkanes of at least 4 members (excludes halogenated alkanes) is 1. The number of nitrogens with zero attached hydrogens (tertiary/aromatic N) is 10. The first-order chi connectivity index (χ1) is 51.2. The van der Waals surface area contributed by atoms with Gasteiger partial charge in [0.05, 0.1) is 48.2 Å². The van der Waals surface area contributed by atoms with E-state index in [-0.39, 0.29) is 134 Å². The summed E-state index contributed by atoms with van der Waals surface area (Å²) in [6.45, 7) is 18.6. The summed E-state index contributed by atoms with van der Waals surface area (Å²) >= 11 is 0. The summed E-state index contributed by atoms with van der Waals surface area (Å²) in [4.78, 5) is 13.2. The van der Waals surface area contributed by atoms with Gasteiger partial charge in [-0.2, -0.15) is 96.5 Å². The molecule has 2 N–H and O–H groups in total. The van der Waals surface area contributed by atoms with Crippen molar-refractivity contribution in [2.75, 3.05) is 193 Å². The van der Waals surface area contributed by atoms with Gasteiger partial charge < -0.3 is 38.9 Å². The molecule has 0 bridgehead atoms. The van der Waals surface area contributed by atoms with Crippen LogP contribution in [0, 0.1) is 35.3 Å². The third-order valence-corrected chi connectivity index (χ3v) is 29.1. The quantitative estimate of drug-likeness (QED) is 0.0363. The Hall–Kier alpha value is -3.67. The minimum absolute atomic E-state index is 0. The average Bonchev–Trinajstić information content (AvgIpc) is 0.794. The minimum Gasteiger partial charge on any atom is -0.494 e. The third kappa shape index (κ3) is 31.2. The normalized spacial score (nSPS) is 19.2. The number of rotatable bonds is 30. The smallest absolute Gasteiger partial charge is 0.282 e. The number of nitrogens with one attached hydrogen (secondary N) is 2. The fraction of sp³-hybridized carbons (Fsp3) is 0.684. The highest BCUT2D eigenvalue weighted by atomic mass is 32.2. The summed E-state index contributed by atoms with van der Waals surface area (Å²) in [5, 5.41) is 0. The number of hydrogen-bond donors (Lipinski definition) is 2. The lowest BCUT2D eigenvalue weighted by Gasteiger charge is -2.40. The SMILES string of the molecule is CCCCN(CCCOS(C)(=O)=O)[C@@H](C)C1CCCCC1.COc1cc(F)ccc1N1CCN(S(=O)(=O)N2CCCN([C@@H](C)C3CCCCC3)CCCN(S(=O)(=O)c3ccc(N(C)C)cc3)C[C@H](C)C2)CC1.COc1cc(F)ccc1N1CCN(S(=O)(=O)NC[C@@H](C)CNS(=O)(=O)c2ccc(N(C)C)cc2)CC1.S.S.S.S. The molecule has 5 fully saturated rings. The van der Waals surface area contributed by atoms with E-state index >= 15 is 0 Å². The van der Waals surface area contributed by atoms with Crippen LogP contribution in [0.25, 0.3) is 0 Å². The molecular weight excluding hydrogens is 1620 g/mol. The molecule has 112 heavy (non-hydrogen) atoms. The van der Waals surface area contributed by atoms with Crippen LogP contribution in [0.1, 0.15) is 131 Å². The zero-order valence-corrected chi connectivity index (χ0v) is 76.2. The van der Waals surface area contributed by atoms with Crippen LogP contribution in [0.15, 0.2) is 94.7 Å². The topological polar surface area (TPSA) is 255 Å². The fourth-order valence-electron chi connectivity index (χ4n) is 15.0. The van der Waals surface area contributed by atoms with Crippen molar-refractivity contribution in [3.05, 3.63) is 96.6 Å². The van der Waals surface area contributed by atoms with Crippen molar-refractivity contribution < 1.29 is 64.5 Å². The van der Waals surface area contributed by atoms with Gasteiger partial charge in [-0.15, -0.1) is 0 Å². The van der Waals surface area contributed by atoms with Crippen molar-refractivity contribution >= 4 is 127 Å². The van der Waals surface area contributed by atoms with Crippen molar-refractivity contribution in [2.45, 2.75) is 153 Å². The van der Waals surface area contributed by atoms with Gasteiger partial charge in [0.1, 0.15) is 23.1 Å². The number of methoxy groups -OCH3 is 2.